The third kappa shape index (κ3) is 43.6. The molecule has 0 saturated heterocycles. The Labute approximate surface area is 351 Å². The first kappa shape index (κ1) is 60.4. The van der Waals surface area contributed by atoms with Gasteiger partial charge >= 0.3 is 17.9 Å². The molecule has 58 heavy (non-hydrogen) atoms. The maximum atomic E-state index is 12.1. The first-order valence-electron chi connectivity index (χ1n) is 20.9. The van der Waals surface area contributed by atoms with Crippen LogP contribution in [0.15, 0.2) is 0 Å². The lowest BCUT2D eigenvalue weighted by atomic mass is 9.89. The summed E-state index contributed by atoms with van der Waals surface area (Å²) in [7, 11) is 0. The largest absolute Gasteiger partial charge is 0.460 e. The number of aliphatic hydroxyl groups is 3. The van der Waals surface area contributed by atoms with Crippen molar-refractivity contribution in [2.24, 2.45) is 17.3 Å². The van der Waals surface area contributed by atoms with Crippen LogP contribution in [0.4, 0.5) is 0 Å². The van der Waals surface area contributed by atoms with Crippen LogP contribution in [0.3, 0.4) is 0 Å². The van der Waals surface area contributed by atoms with Gasteiger partial charge in [0.05, 0.1) is 96.5 Å². The molecule has 0 fully saturated rings. The molecule has 0 aromatic heterocycles. The number of hydrogen-bond donors (Lipinski definition) is 3. The Kier molecular flexibility index (Phi) is 37.2. The van der Waals surface area contributed by atoms with Gasteiger partial charge in [0.1, 0.15) is 16.8 Å². The van der Waals surface area contributed by atoms with Crippen molar-refractivity contribution in [2.75, 3.05) is 99.1 Å². The predicted octanol–water partition coefficient (Wildman–Crippen LogP) is 5.70. The van der Waals surface area contributed by atoms with Crippen molar-refractivity contribution in [3.05, 3.63) is 0 Å². The smallest absolute Gasteiger partial charge is 0.312 e. The van der Waals surface area contributed by atoms with Gasteiger partial charge in [0, 0.05) is 19.8 Å². The Morgan fingerprint density at radius 3 is 1.21 bits per heavy atom. The number of carbonyl (C=O) groups excluding carboxylic acids is 3. The molecule has 0 spiro atoms. The summed E-state index contributed by atoms with van der Waals surface area (Å²) in [4.78, 5) is 35.7. The van der Waals surface area contributed by atoms with Gasteiger partial charge in [0.2, 0.25) is 0 Å². The highest BCUT2D eigenvalue weighted by molar-refractivity contribution is 5.76. The molecule has 15 nitrogen and oxygen atoms in total. The summed E-state index contributed by atoms with van der Waals surface area (Å²) in [6, 6.07) is 0. The number of rotatable bonds is 30. The second-order valence-corrected chi connectivity index (χ2v) is 17.4. The molecule has 0 aliphatic carbocycles. The molecule has 2 unspecified atom stereocenters. The van der Waals surface area contributed by atoms with Gasteiger partial charge in [-0.1, -0.05) is 26.7 Å². The summed E-state index contributed by atoms with van der Waals surface area (Å²) in [6.07, 6.45) is 4.83. The Morgan fingerprint density at radius 1 is 0.466 bits per heavy atom. The second kappa shape index (κ2) is 35.8. The third-order valence-corrected chi connectivity index (χ3v) is 7.41. The zero-order valence-electron chi connectivity index (χ0n) is 38.7. The molecule has 2 atom stereocenters. The molecule has 0 aliphatic rings. The lowest BCUT2D eigenvalue weighted by Gasteiger charge is -2.28. The summed E-state index contributed by atoms with van der Waals surface area (Å²) in [5.41, 5.74) is -1.91. The van der Waals surface area contributed by atoms with E-state index in [0.29, 0.717) is 98.5 Å². The van der Waals surface area contributed by atoms with E-state index in [-0.39, 0.29) is 49.6 Å². The van der Waals surface area contributed by atoms with Crippen LogP contribution in [-0.4, -0.2) is 149 Å². The van der Waals surface area contributed by atoms with E-state index in [4.69, 9.17) is 58.0 Å². The molecular formula is C43H86O15. The van der Waals surface area contributed by atoms with Crippen LogP contribution >= 0.6 is 0 Å². The zero-order valence-corrected chi connectivity index (χ0v) is 38.7. The quantitative estimate of drug-likeness (QED) is 0.0453. The third-order valence-electron chi connectivity index (χ3n) is 7.41. The number of aliphatic hydroxyl groups excluding tert-OH is 3. The minimum atomic E-state index is -0.556. The first-order chi connectivity index (χ1) is 27.0. The Morgan fingerprint density at radius 2 is 0.828 bits per heavy atom. The van der Waals surface area contributed by atoms with Crippen LogP contribution in [0.25, 0.3) is 0 Å². The van der Waals surface area contributed by atoms with Crippen LogP contribution in [0.5, 0.6) is 0 Å². The minimum Gasteiger partial charge on any atom is -0.460 e. The SMILES string of the molecule is CC(C)(C)OC(=O)C(C)(C)CCOCCOCCO.CC(CCOCCOCCO)C(=O)OC(C)(C)C.CCCCC(CCOCCOCCO)C(=O)OC(C)(C)C. The number of esters is 3. The fourth-order valence-electron chi connectivity index (χ4n) is 4.23. The lowest BCUT2D eigenvalue weighted by molar-refractivity contribution is -0.167. The van der Waals surface area contributed by atoms with Gasteiger partial charge in [-0.25, -0.2) is 0 Å². The van der Waals surface area contributed by atoms with E-state index in [1.54, 1.807) is 0 Å². The van der Waals surface area contributed by atoms with E-state index < -0.39 is 22.2 Å². The van der Waals surface area contributed by atoms with Crippen LogP contribution in [-0.2, 0) is 57.0 Å². The monoisotopic (exact) mass is 843 g/mol. The van der Waals surface area contributed by atoms with Gasteiger partial charge < -0.3 is 58.0 Å². The van der Waals surface area contributed by atoms with Crippen LogP contribution in [0.2, 0.25) is 0 Å². The average Bonchev–Trinajstić information content (AvgIpc) is 3.10. The highest BCUT2D eigenvalue weighted by Gasteiger charge is 2.32. The van der Waals surface area contributed by atoms with Gasteiger partial charge in [-0.05, 0) is 102 Å². The van der Waals surface area contributed by atoms with Gasteiger partial charge in [-0.3, -0.25) is 14.4 Å². The molecule has 0 aromatic carbocycles. The van der Waals surface area contributed by atoms with Gasteiger partial charge in [-0.15, -0.1) is 0 Å². The van der Waals surface area contributed by atoms with Gasteiger partial charge in [0.25, 0.3) is 0 Å². The summed E-state index contributed by atoms with van der Waals surface area (Å²) in [6.45, 7) is 29.8. The summed E-state index contributed by atoms with van der Waals surface area (Å²) in [5.74, 6) is -0.788. The maximum Gasteiger partial charge on any atom is 0.312 e. The molecule has 0 rings (SSSR count). The molecule has 0 heterocycles. The van der Waals surface area contributed by atoms with Crippen molar-refractivity contribution < 1.29 is 72.3 Å². The van der Waals surface area contributed by atoms with E-state index in [2.05, 4.69) is 6.92 Å². The Balaban J connectivity index is -0.000000785. The standard InChI is InChI=1S/C16H32O5.C14H28O5.C13H26O5/c1-5-6-7-14(15(18)21-16(2,3)4)8-10-19-12-13-20-11-9-17;1-13(2,3)19-12(16)14(4,5)6-8-17-10-11-18-9-7-15;1-11(12(15)18-13(2,3)4)5-7-16-9-10-17-8-6-14/h14,17H,5-13H2,1-4H3;15H,6-11H2,1-5H3;11,14H,5-10H2,1-4H3. The maximum absolute atomic E-state index is 12.1. The van der Waals surface area contributed by atoms with Crippen LogP contribution in [0.1, 0.15) is 129 Å². The summed E-state index contributed by atoms with van der Waals surface area (Å²) >= 11 is 0. The number of hydrogen-bond acceptors (Lipinski definition) is 15. The topological polar surface area (TPSA) is 195 Å². The fraction of sp³-hybridized carbons (Fsp3) is 0.930. The molecule has 3 N–H and O–H groups in total. The summed E-state index contributed by atoms with van der Waals surface area (Å²) < 4.78 is 47.4. The van der Waals surface area contributed by atoms with Crippen molar-refractivity contribution in [3.8, 4) is 0 Å². The molecule has 0 amide bonds. The first-order valence-corrected chi connectivity index (χ1v) is 20.9. The van der Waals surface area contributed by atoms with Crippen molar-refractivity contribution in [3.63, 3.8) is 0 Å². The van der Waals surface area contributed by atoms with Crippen LogP contribution < -0.4 is 0 Å². The molecule has 0 saturated carbocycles. The Bertz CT molecular complexity index is 984. The number of unbranched alkanes of at least 4 members (excludes halogenated alkanes) is 1. The van der Waals surface area contributed by atoms with E-state index in [1.807, 2.05) is 83.1 Å². The normalized spacial score (nSPS) is 13.0. The highest BCUT2D eigenvalue weighted by atomic mass is 16.6. The highest BCUT2D eigenvalue weighted by Crippen LogP contribution is 2.25. The van der Waals surface area contributed by atoms with Crippen molar-refractivity contribution in [2.45, 2.75) is 145 Å². The zero-order chi connectivity index (χ0) is 45.1. The fourth-order valence-corrected chi connectivity index (χ4v) is 4.23. The molecule has 0 aromatic rings. The van der Waals surface area contributed by atoms with Crippen molar-refractivity contribution in [1.82, 2.24) is 0 Å². The lowest BCUT2D eigenvalue weighted by Crippen LogP contribution is -2.34. The molecular weight excluding hydrogens is 756 g/mol. The van der Waals surface area contributed by atoms with E-state index in [9.17, 15) is 14.4 Å². The summed E-state index contributed by atoms with van der Waals surface area (Å²) in [5, 5.41) is 25.6. The molecule has 0 bridgehead atoms. The molecule has 15 heteroatoms. The molecule has 0 aliphatic heterocycles. The Hall–Kier alpha value is -1.95. The van der Waals surface area contributed by atoms with Gasteiger partial charge in [0.15, 0.2) is 0 Å². The van der Waals surface area contributed by atoms with Crippen molar-refractivity contribution >= 4 is 17.9 Å². The van der Waals surface area contributed by atoms with E-state index in [1.165, 1.54) is 0 Å². The second-order valence-electron chi connectivity index (χ2n) is 17.4. The minimum absolute atomic E-state index is 0.0195. The number of carbonyl (C=O) groups is 3. The van der Waals surface area contributed by atoms with E-state index in [0.717, 1.165) is 19.3 Å². The van der Waals surface area contributed by atoms with Crippen LogP contribution in [0, 0.1) is 17.3 Å². The number of ether oxygens (including phenoxy) is 9. The predicted molar refractivity (Wildman–Crippen MR) is 224 cm³/mol. The van der Waals surface area contributed by atoms with E-state index >= 15 is 0 Å². The average molecular weight is 843 g/mol. The van der Waals surface area contributed by atoms with Crippen molar-refractivity contribution in [1.29, 1.82) is 0 Å². The van der Waals surface area contributed by atoms with Gasteiger partial charge in [-0.2, -0.15) is 0 Å². The molecule has 0 radical (unpaired) electrons. The molecule has 348 valence electrons.